The van der Waals surface area contributed by atoms with Gasteiger partial charge in [0, 0.05) is 38.7 Å². The van der Waals surface area contributed by atoms with Gasteiger partial charge in [-0.15, -0.1) is 0 Å². The summed E-state index contributed by atoms with van der Waals surface area (Å²) in [7, 11) is 4.96. The molecule has 112 valence electrons. The van der Waals surface area contributed by atoms with Crippen LogP contribution in [0.15, 0.2) is 18.2 Å². The second-order valence-corrected chi connectivity index (χ2v) is 4.97. The summed E-state index contributed by atoms with van der Waals surface area (Å²) in [5.41, 5.74) is 0.107. The number of benzene rings is 1. The van der Waals surface area contributed by atoms with E-state index in [1.807, 2.05) is 7.05 Å². The van der Waals surface area contributed by atoms with E-state index >= 15 is 0 Å². The molecule has 0 saturated carbocycles. The Bertz CT molecular complexity index is 447. The summed E-state index contributed by atoms with van der Waals surface area (Å²) in [5.74, 6) is -0.0849. The molecule has 2 rings (SSSR count). The van der Waals surface area contributed by atoms with Crippen molar-refractivity contribution in [3.8, 4) is 5.75 Å². The topological polar surface area (TPSA) is 39.7 Å². The van der Waals surface area contributed by atoms with E-state index in [9.17, 15) is 4.39 Å². The largest absolute Gasteiger partial charge is 0.494 e. The summed E-state index contributed by atoms with van der Waals surface area (Å²) in [6.45, 7) is 1.25. The number of halogens is 1. The summed E-state index contributed by atoms with van der Waals surface area (Å²) in [6, 6.07) is 4.95. The quantitative estimate of drug-likeness (QED) is 0.900. The minimum Gasteiger partial charge on any atom is -0.494 e. The number of likely N-dealkylation sites (N-methyl/N-ethyl adjacent to an activating group) is 1. The number of ether oxygens (including phenoxy) is 3. The Morgan fingerprint density at radius 1 is 1.30 bits per heavy atom. The molecule has 1 fully saturated rings. The molecular weight excluding hydrogens is 261 g/mol. The predicted octanol–water partition coefficient (Wildman–Crippen LogP) is 2.29. The van der Waals surface area contributed by atoms with Gasteiger partial charge in [0.15, 0.2) is 11.6 Å². The highest BCUT2D eigenvalue weighted by molar-refractivity contribution is 5.34. The van der Waals surface area contributed by atoms with Crippen molar-refractivity contribution >= 4 is 0 Å². The Labute approximate surface area is 119 Å². The highest BCUT2D eigenvalue weighted by Gasteiger charge is 2.42. The summed E-state index contributed by atoms with van der Waals surface area (Å²) < 4.78 is 30.8. The smallest absolute Gasteiger partial charge is 0.169 e. The van der Waals surface area contributed by atoms with Crippen LogP contribution in [0, 0.1) is 5.82 Å². The molecule has 1 saturated heterocycles. The average molecular weight is 283 g/mol. The van der Waals surface area contributed by atoms with Gasteiger partial charge in [0.05, 0.1) is 18.8 Å². The van der Waals surface area contributed by atoms with Crippen molar-refractivity contribution < 1.29 is 18.6 Å². The molecule has 1 unspecified atom stereocenters. The molecule has 0 spiro atoms. The fraction of sp³-hybridized carbons (Fsp3) is 0.600. The van der Waals surface area contributed by atoms with Crippen LogP contribution >= 0.6 is 0 Å². The molecule has 1 aliphatic rings. The number of rotatable bonds is 5. The van der Waals surface area contributed by atoms with Crippen LogP contribution < -0.4 is 10.1 Å². The van der Waals surface area contributed by atoms with Gasteiger partial charge in [-0.2, -0.15) is 0 Å². The van der Waals surface area contributed by atoms with E-state index in [-0.39, 0.29) is 17.6 Å². The molecule has 0 radical (unpaired) electrons. The van der Waals surface area contributed by atoms with Crippen molar-refractivity contribution in [3.05, 3.63) is 29.6 Å². The zero-order valence-corrected chi connectivity index (χ0v) is 12.2. The predicted molar refractivity (Wildman–Crippen MR) is 74.5 cm³/mol. The summed E-state index contributed by atoms with van der Waals surface area (Å²) in [5, 5.41) is 3.20. The SMILES string of the molecule is CNC(c1cccc(OC)c1F)C1(OC)CCOCC1. The van der Waals surface area contributed by atoms with Crippen molar-refractivity contribution in [2.45, 2.75) is 24.5 Å². The maximum Gasteiger partial charge on any atom is 0.169 e. The Kier molecular flexibility index (Phi) is 4.96. The standard InChI is InChI=1S/C15H22FNO3/c1-17-14(15(19-3)7-9-20-10-8-15)11-5-4-6-12(18-2)13(11)16/h4-6,14,17H,7-10H2,1-3H3. The molecule has 4 nitrogen and oxygen atoms in total. The molecule has 1 aromatic carbocycles. The number of hydrogen-bond acceptors (Lipinski definition) is 4. The Morgan fingerprint density at radius 3 is 2.55 bits per heavy atom. The molecule has 0 amide bonds. The highest BCUT2D eigenvalue weighted by Crippen LogP contribution is 2.39. The lowest BCUT2D eigenvalue weighted by atomic mass is 9.82. The van der Waals surface area contributed by atoms with Gasteiger partial charge in [0.25, 0.3) is 0 Å². The van der Waals surface area contributed by atoms with Crippen LogP contribution in [-0.2, 0) is 9.47 Å². The summed E-state index contributed by atoms with van der Waals surface area (Å²) in [4.78, 5) is 0. The Balaban J connectivity index is 2.40. The van der Waals surface area contributed by atoms with Crippen molar-refractivity contribution in [2.24, 2.45) is 0 Å². The second kappa shape index (κ2) is 6.52. The van der Waals surface area contributed by atoms with Crippen LogP contribution in [0.3, 0.4) is 0 Å². The van der Waals surface area contributed by atoms with Crippen molar-refractivity contribution in [2.75, 3.05) is 34.5 Å². The minimum atomic E-state index is -0.458. The van der Waals surface area contributed by atoms with Gasteiger partial charge in [0.2, 0.25) is 0 Å². The van der Waals surface area contributed by atoms with Crippen molar-refractivity contribution in [3.63, 3.8) is 0 Å². The van der Waals surface area contributed by atoms with Gasteiger partial charge in [-0.1, -0.05) is 12.1 Å². The number of hydrogen-bond donors (Lipinski definition) is 1. The minimum absolute atomic E-state index is 0.244. The van der Waals surface area contributed by atoms with E-state index in [1.54, 1.807) is 25.3 Å². The van der Waals surface area contributed by atoms with Crippen LogP contribution in [0.1, 0.15) is 24.4 Å². The zero-order valence-electron chi connectivity index (χ0n) is 12.2. The molecule has 0 aromatic heterocycles. The van der Waals surface area contributed by atoms with Gasteiger partial charge < -0.3 is 19.5 Å². The third kappa shape index (κ3) is 2.66. The van der Waals surface area contributed by atoms with E-state index < -0.39 is 5.60 Å². The van der Waals surface area contributed by atoms with E-state index in [0.29, 0.717) is 18.8 Å². The molecule has 1 aliphatic heterocycles. The summed E-state index contributed by atoms with van der Waals surface area (Å²) in [6.07, 6.45) is 1.46. The third-order valence-electron chi connectivity index (χ3n) is 4.08. The first-order chi connectivity index (χ1) is 9.68. The van der Waals surface area contributed by atoms with E-state index in [4.69, 9.17) is 14.2 Å². The number of nitrogens with one attached hydrogen (secondary N) is 1. The molecule has 1 atom stereocenters. The zero-order chi connectivity index (χ0) is 14.6. The molecule has 20 heavy (non-hydrogen) atoms. The van der Waals surface area contributed by atoms with Crippen LogP contribution in [0.5, 0.6) is 5.75 Å². The van der Waals surface area contributed by atoms with Gasteiger partial charge in [0.1, 0.15) is 0 Å². The normalized spacial score (nSPS) is 19.6. The average Bonchev–Trinajstić information content (AvgIpc) is 2.50. The fourth-order valence-corrected chi connectivity index (χ4v) is 2.94. The first-order valence-corrected chi connectivity index (χ1v) is 6.81. The van der Waals surface area contributed by atoms with E-state index in [1.165, 1.54) is 7.11 Å². The maximum absolute atomic E-state index is 14.5. The van der Waals surface area contributed by atoms with Crippen LogP contribution in [0.2, 0.25) is 0 Å². The lowest BCUT2D eigenvalue weighted by Crippen LogP contribution is -2.48. The van der Waals surface area contributed by atoms with Crippen LogP contribution in [-0.4, -0.2) is 40.1 Å². The maximum atomic E-state index is 14.5. The Hall–Kier alpha value is -1.17. The monoisotopic (exact) mass is 283 g/mol. The van der Waals surface area contributed by atoms with Gasteiger partial charge in [-0.3, -0.25) is 0 Å². The van der Waals surface area contributed by atoms with Gasteiger partial charge in [-0.05, 0) is 13.1 Å². The van der Waals surface area contributed by atoms with E-state index in [2.05, 4.69) is 5.32 Å². The first kappa shape index (κ1) is 15.2. The highest BCUT2D eigenvalue weighted by atomic mass is 19.1. The van der Waals surface area contributed by atoms with Crippen LogP contribution in [0.4, 0.5) is 4.39 Å². The molecule has 0 aliphatic carbocycles. The molecule has 5 heteroatoms. The van der Waals surface area contributed by atoms with E-state index in [0.717, 1.165) is 12.8 Å². The third-order valence-corrected chi connectivity index (χ3v) is 4.08. The number of methoxy groups -OCH3 is 2. The molecular formula is C15H22FNO3. The molecule has 1 heterocycles. The molecule has 1 N–H and O–H groups in total. The second-order valence-electron chi connectivity index (χ2n) is 4.97. The van der Waals surface area contributed by atoms with Gasteiger partial charge >= 0.3 is 0 Å². The van der Waals surface area contributed by atoms with Crippen molar-refractivity contribution in [1.29, 1.82) is 0 Å². The van der Waals surface area contributed by atoms with Gasteiger partial charge in [-0.25, -0.2) is 4.39 Å². The molecule has 0 bridgehead atoms. The van der Waals surface area contributed by atoms with Crippen LogP contribution in [0.25, 0.3) is 0 Å². The lowest BCUT2D eigenvalue weighted by Gasteiger charge is -2.42. The Morgan fingerprint density at radius 2 is 2.00 bits per heavy atom. The first-order valence-electron chi connectivity index (χ1n) is 6.81. The molecule has 1 aromatic rings. The van der Waals surface area contributed by atoms with Crippen molar-refractivity contribution in [1.82, 2.24) is 5.32 Å². The lowest BCUT2D eigenvalue weighted by molar-refractivity contribution is -0.111. The summed E-state index contributed by atoms with van der Waals surface area (Å²) >= 11 is 0. The fourth-order valence-electron chi connectivity index (χ4n) is 2.94.